The molecule has 0 N–H and O–H groups in total. The van der Waals surface area contributed by atoms with Gasteiger partial charge in [-0.3, -0.25) is 9.80 Å². The smallest absolute Gasteiger partial charge is 0.336 e. The van der Waals surface area contributed by atoms with Crippen LogP contribution in [0.15, 0.2) is 18.7 Å². The van der Waals surface area contributed by atoms with Crippen molar-refractivity contribution in [2.24, 2.45) is 0 Å². The van der Waals surface area contributed by atoms with Crippen molar-refractivity contribution in [1.29, 1.82) is 0 Å². The third-order valence-corrected chi connectivity index (χ3v) is 3.74. The van der Waals surface area contributed by atoms with Gasteiger partial charge in [0.15, 0.2) is 0 Å². The van der Waals surface area contributed by atoms with Crippen LogP contribution in [-0.2, 0) is 6.54 Å². The fourth-order valence-corrected chi connectivity index (χ4v) is 2.75. The third kappa shape index (κ3) is 4.21. The van der Waals surface area contributed by atoms with Gasteiger partial charge in [-0.2, -0.15) is 13.2 Å². The molecule has 0 aliphatic carbocycles. The maximum absolute atomic E-state index is 12.5. The molecular weight excluding hydrogens is 269 g/mol. The Hall–Kier alpha value is -1.08. The lowest BCUT2D eigenvalue weighted by atomic mass is 9.98. The maximum atomic E-state index is 12.5. The van der Waals surface area contributed by atoms with Gasteiger partial charge < -0.3 is 4.57 Å². The second-order valence-corrected chi connectivity index (χ2v) is 5.93. The van der Waals surface area contributed by atoms with Gasteiger partial charge >= 0.3 is 6.18 Å². The van der Waals surface area contributed by atoms with Crippen molar-refractivity contribution in [1.82, 2.24) is 19.4 Å². The maximum Gasteiger partial charge on any atom is 0.401 e. The normalized spacial score (nSPS) is 21.2. The molecule has 4 nitrogen and oxygen atoms in total. The topological polar surface area (TPSA) is 24.3 Å². The fourth-order valence-electron chi connectivity index (χ4n) is 2.75. The summed E-state index contributed by atoms with van der Waals surface area (Å²) in [7, 11) is 0. The van der Waals surface area contributed by atoms with Crippen LogP contribution in [0.2, 0.25) is 0 Å². The number of hydrogen-bond acceptors (Lipinski definition) is 3. The molecule has 1 aromatic rings. The second kappa shape index (κ2) is 5.73. The summed E-state index contributed by atoms with van der Waals surface area (Å²) >= 11 is 0. The van der Waals surface area contributed by atoms with E-state index in [0.29, 0.717) is 19.6 Å². The molecule has 1 saturated heterocycles. The van der Waals surface area contributed by atoms with E-state index in [4.69, 9.17) is 0 Å². The molecule has 0 saturated carbocycles. The van der Waals surface area contributed by atoms with E-state index >= 15 is 0 Å². The number of rotatable bonds is 4. The molecule has 0 atom stereocenters. The minimum atomic E-state index is -4.12. The molecular formula is C13H21F3N4. The molecule has 7 heteroatoms. The summed E-state index contributed by atoms with van der Waals surface area (Å²) < 4.78 is 39.4. The van der Waals surface area contributed by atoms with Crippen molar-refractivity contribution in [3.63, 3.8) is 0 Å². The summed E-state index contributed by atoms with van der Waals surface area (Å²) in [6.45, 7) is 6.39. The number of aromatic nitrogens is 2. The highest BCUT2D eigenvalue weighted by atomic mass is 19.4. The molecule has 1 aliphatic rings. The summed E-state index contributed by atoms with van der Waals surface area (Å²) in [5.74, 6) is 0. The van der Waals surface area contributed by atoms with Crippen molar-refractivity contribution in [3.8, 4) is 0 Å². The molecule has 1 aliphatic heterocycles. The predicted molar refractivity (Wildman–Crippen MR) is 70.4 cm³/mol. The van der Waals surface area contributed by atoms with Crippen LogP contribution in [0.3, 0.4) is 0 Å². The number of alkyl halides is 3. The van der Waals surface area contributed by atoms with Crippen molar-refractivity contribution in [3.05, 3.63) is 18.7 Å². The van der Waals surface area contributed by atoms with E-state index in [1.165, 1.54) is 4.90 Å². The fraction of sp³-hybridized carbons (Fsp3) is 0.769. The van der Waals surface area contributed by atoms with Gasteiger partial charge in [0.1, 0.15) is 0 Å². The van der Waals surface area contributed by atoms with E-state index in [2.05, 4.69) is 9.88 Å². The molecule has 20 heavy (non-hydrogen) atoms. The monoisotopic (exact) mass is 290 g/mol. The molecule has 0 bridgehead atoms. The summed E-state index contributed by atoms with van der Waals surface area (Å²) in [6.07, 6.45) is 1.27. The van der Waals surface area contributed by atoms with Crippen LogP contribution < -0.4 is 0 Å². The number of hydrogen-bond donors (Lipinski definition) is 0. The second-order valence-electron chi connectivity index (χ2n) is 5.93. The Balaban J connectivity index is 1.87. The van der Waals surface area contributed by atoms with E-state index in [0.717, 1.165) is 13.1 Å². The first kappa shape index (κ1) is 15.3. The minimum Gasteiger partial charge on any atom is -0.336 e. The van der Waals surface area contributed by atoms with E-state index in [-0.39, 0.29) is 5.54 Å². The Morgan fingerprint density at radius 1 is 1.20 bits per heavy atom. The lowest BCUT2D eigenvalue weighted by molar-refractivity contribution is -0.155. The van der Waals surface area contributed by atoms with Crippen LogP contribution in [0, 0.1) is 0 Å². The largest absolute Gasteiger partial charge is 0.401 e. The summed E-state index contributed by atoms with van der Waals surface area (Å²) in [5.41, 5.74) is -0.246. The summed E-state index contributed by atoms with van der Waals surface area (Å²) in [5, 5.41) is 0. The molecule has 2 rings (SSSR count). The zero-order valence-corrected chi connectivity index (χ0v) is 11.9. The molecule has 2 heterocycles. The number of nitrogens with zero attached hydrogens (tertiary/aromatic N) is 4. The molecule has 0 aromatic carbocycles. The van der Waals surface area contributed by atoms with Gasteiger partial charge in [-0.1, -0.05) is 0 Å². The highest BCUT2D eigenvalue weighted by molar-refractivity contribution is 4.91. The number of imidazole rings is 1. The van der Waals surface area contributed by atoms with Crippen molar-refractivity contribution >= 4 is 0 Å². The van der Waals surface area contributed by atoms with Gasteiger partial charge in [-0.15, -0.1) is 0 Å². The van der Waals surface area contributed by atoms with E-state index in [1.54, 1.807) is 12.5 Å². The standard InChI is InChI=1S/C13H21F3N4/c1-12(2)9-19(10-13(14,15)16)6-8-20(12)7-5-18-4-3-17-11-18/h3-4,11H,5-10H2,1-2H3. The summed E-state index contributed by atoms with van der Waals surface area (Å²) in [6, 6.07) is 0. The zero-order chi connectivity index (χ0) is 14.8. The molecule has 0 radical (unpaired) electrons. The van der Waals surface area contributed by atoms with Crippen LogP contribution in [-0.4, -0.2) is 63.8 Å². The van der Waals surface area contributed by atoms with Crippen LogP contribution in [0.1, 0.15) is 13.8 Å². The molecule has 1 aromatic heterocycles. The van der Waals surface area contributed by atoms with E-state index in [1.807, 2.05) is 24.6 Å². The molecule has 1 fully saturated rings. The SMILES string of the molecule is CC1(C)CN(CC(F)(F)F)CCN1CCn1ccnc1. The number of halogens is 3. The van der Waals surface area contributed by atoms with Gasteiger partial charge in [0.2, 0.25) is 0 Å². The number of piperazine rings is 1. The lowest BCUT2D eigenvalue weighted by Crippen LogP contribution is -2.60. The van der Waals surface area contributed by atoms with Crippen LogP contribution in [0.25, 0.3) is 0 Å². The average molecular weight is 290 g/mol. The van der Waals surface area contributed by atoms with Crippen molar-refractivity contribution < 1.29 is 13.2 Å². The lowest BCUT2D eigenvalue weighted by Gasteiger charge is -2.47. The van der Waals surface area contributed by atoms with Gasteiger partial charge in [-0.25, -0.2) is 4.98 Å². The Kier molecular flexibility index (Phi) is 4.39. The highest BCUT2D eigenvalue weighted by Gasteiger charge is 2.38. The van der Waals surface area contributed by atoms with Gasteiger partial charge in [0.25, 0.3) is 0 Å². The van der Waals surface area contributed by atoms with E-state index in [9.17, 15) is 13.2 Å². The Labute approximate surface area is 117 Å². The van der Waals surface area contributed by atoms with Crippen LogP contribution >= 0.6 is 0 Å². The summed E-state index contributed by atoms with van der Waals surface area (Å²) in [4.78, 5) is 7.73. The first-order valence-electron chi connectivity index (χ1n) is 6.76. The van der Waals surface area contributed by atoms with Crippen LogP contribution in [0.5, 0.6) is 0 Å². The molecule has 0 amide bonds. The Bertz CT molecular complexity index is 414. The third-order valence-electron chi connectivity index (χ3n) is 3.74. The predicted octanol–water partition coefficient (Wildman–Crippen LogP) is 1.84. The van der Waals surface area contributed by atoms with Gasteiger partial charge in [0, 0.05) is 50.7 Å². The molecule has 114 valence electrons. The average Bonchev–Trinajstić information content (AvgIpc) is 2.77. The van der Waals surface area contributed by atoms with E-state index < -0.39 is 12.7 Å². The first-order chi connectivity index (χ1) is 9.26. The Morgan fingerprint density at radius 3 is 2.50 bits per heavy atom. The van der Waals surface area contributed by atoms with Crippen LogP contribution in [0.4, 0.5) is 13.2 Å². The van der Waals surface area contributed by atoms with Crippen molar-refractivity contribution in [2.45, 2.75) is 32.1 Å². The highest BCUT2D eigenvalue weighted by Crippen LogP contribution is 2.24. The molecule has 0 spiro atoms. The zero-order valence-electron chi connectivity index (χ0n) is 11.9. The van der Waals surface area contributed by atoms with Gasteiger partial charge in [-0.05, 0) is 13.8 Å². The molecule has 0 unspecified atom stereocenters. The Morgan fingerprint density at radius 2 is 1.95 bits per heavy atom. The van der Waals surface area contributed by atoms with Crippen molar-refractivity contribution in [2.75, 3.05) is 32.7 Å². The minimum absolute atomic E-state index is 0.246. The quantitative estimate of drug-likeness (QED) is 0.846. The first-order valence-corrected chi connectivity index (χ1v) is 6.76. The van der Waals surface area contributed by atoms with Gasteiger partial charge in [0.05, 0.1) is 12.9 Å².